The van der Waals surface area contributed by atoms with E-state index in [9.17, 15) is 4.79 Å². The second-order valence-electron chi connectivity index (χ2n) is 4.72. The van der Waals surface area contributed by atoms with Gasteiger partial charge in [0.05, 0.1) is 6.61 Å². The van der Waals surface area contributed by atoms with E-state index in [0.717, 1.165) is 18.8 Å². The summed E-state index contributed by atoms with van der Waals surface area (Å²) in [7, 11) is 6.00. The van der Waals surface area contributed by atoms with Crippen LogP contribution in [-0.2, 0) is 9.53 Å². The molecule has 0 rings (SSSR count). The molecule has 102 valence electrons. The number of hydrogen-bond acceptors (Lipinski definition) is 3. The molecular formula is C14H29NO2. The van der Waals surface area contributed by atoms with Gasteiger partial charge in [0, 0.05) is 6.08 Å². The smallest absolute Gasteiger partial charge is 0.330 e. The maximum atomic E-state index is 10.6. The summed E-state index contributed by atoms with van der Waals surface area (Å²) in [6, 6.07) is 0. The van der Waals surface area contributed by atoms with Crippen molar-refractivity contribution in [3.8, 4) is 0 Å². The molecule has 0 aliphatic rings. The van der Waals surface area contributed by atoms with Gasteiger partial charge in [-0.05, 0) is 39.9 Å². The van der Waals surface area contributed by atoms with E-state index in [4.69, 9.17) is 4.74 Å². The molecule has 0 saturated heterocycles. The second-order valence-corrected chi connectivity index (χ2v) is 4.72. The minimum Gasteiger partial charge on any atom is -0.463 e. The predicted octanol–water partition coefficient (Wildman–Crippen LogP) is 3.11. The molecule has 0 fully saturated rings. The van der Waals surface area contributed by atoms with Crippen LogP contribution in [0.3, 0.4) is 0 Å². The summed E-state index contributed by atoms with van der Waals surface area (Å²) in [6.45, 7) is 8.30. The van der Waals surface area contributed by atoms with Crippen LogP contribution in [0.2, 0.25) is 0 Å². The van der Waals surface area contributed by atoms with Crippen molar-refractivity contribution < 1.29 is 9.53 Å². The minimum absolute atomic E-state index is 0.316. The third kappa shape index (κ3) is 21.1. The van der Waals surface area contributed by atoms with Crippen molar-refractivity contribution in [2.45, 2.75) is 39.5 Å². The van der Waals surface area contributed by atoms with E-state index in [1.54, 1.807) is 0 Å². The highest BCUT2D eigenvalue weighted by Crippen LogP contribution is 2.10. The molecule has 3 heteroatoms. The zero-order chi connectivity index (χ0) is 13.7. The van der Waals surface area contributed by atoms with E-state index in [2.05, 4.69) is 20.4 Å². The molecule has 17 heavy (non-hydrogen) atoms. The Morgan fingerprint density at radius 2 is 1.88 bits per heavy atom. The molecule has 3 nitrogen and oxygen atoms in total. The molecule has 0 aliphatic carbocycles. The summed E-state index contributed by atoms with van der Waals surface area (Å²) < 4.78 is 4.85. The molecule has 0 bridgehead atoms. The van der Waals surface area contributed by atoms with E-state index in [1.807, 2.05) is 26.0 Å². The Kier molecular flexibility index (Phi) is 14.4. The van der Waals surface area contributed by atoms with Crippen molar-refractivity contribution in [3.05, 3.63) is 12.7 Å². The standard InChI is InChI=1S/C11H20O2.C3H9N/c1-4-10(3)8-6-7-9-13-11(12)5-2;1-4(2)3/h5,10H,2,4,6-9H2,1,3H3;1-3H3. The summed E-state index contributed by atoms with van der Waals surface area (Å²) in [5.74, 6) is 0.471. The average molecular weight is 243 g/mol. The van der Waals surface area contributed by atoms with Crippen molar-refractivity contribution in [1.29, 1.82) is 0 Å². The van der Waals surface area contributed by atoms with Crippen LogP contribution in [0.4, 0.5) is 0 Å². The summed E-state index contributed by atoms with van der Waals surface area (Å²) in [6.07, 6.45) is 5.76. The lowest BCUT2D eigenvalue weighted by Gasteiger charge is -2.07. The molecule has 0 N–H and O–H groups in total. The lowest BCUT2D eigenvalue weighted by atomic mass is 10.0. The van der Waals surface area contributed by atoms with Gasteiger partial charge in [0.2, 0.25) is 0 Å². The fourth-order valence-electron chi connectivity index (χ4n) is 1.03. The highest BCUT2D eigenvalue weighted by molar-refractivity contribution is 5.81. The van der Waals surface area contributed by atoms with Crippen molar-refractivity contribution in [2.75, 3.05) is 27.7 Å². The van der Waals surface area contributed by atoms with Gasteiger partial charge >= 0.3 is 5.97 Å². The molecule has 0 aromatic heterocycles. The van der Waals surface area contributed by atoms with Gasteiger partial charge in [0.1, 0.15) is 0 Å². The van der Waals surface area contributed by atoms with Crippen molar-refractivity contribution in [3.63, 3.8) is 0 Å². The molecule has 0 saturated carbocycles. The highest BCUT2D eigenvalue weighted by Gasteiger charge is 1.99. The number of carbonyl (C=O) groups is 1. The van der Waals surface area contributed by atoms with E-state index in [-0.39, 0.29) is 5.97 Å². The molecule has 1 atom stereocenters. The quantitative estimate of drug-likeness (QED) is 0.391. The maximum absolute atomic E-state index is 10.6. The Hall–Kier alpha value is -0.830. The largest absolute Gasteiger partial charge is 0.463 e. The van der Waals surface area contributed by atoms with Gasteiger partial charge in [0.15, 0.2) is 0 Å². The fourth-order valence-corrected chi connectivity index (χ4v) is 1.03. The Bertz CT molecular complexity index is 188. The first-order chi connectivity index (χ1) is 7.93. The van der Waals surface area contributed by atoms with E-state index in [1.165, 1.54) is 18.9 Å². The number of rotatable bonds is 7. The number of carbonyl (C=O) groups excluding carboxylic acids is 1. The van der Waals surface area contributed by atoms with Gasteiger partial charge in [-0.1, -0.05) is 33.3 Å². The third-order valence-corrected chi connectivity index (χ3v) is 2.20. The number of unbranched alkanes of at least 4 members (excludes halogenated alkanes) is 1. The van der Waals surface area contributed by atoms with Crippen LogP contribution in [0.25, 0.3) is 0 Å². The number of hydrogen-bond donors (Lipinski definition) is 0. The van der Waals surface area contributed by atoms with Crippen molar-refractivity contribution in [1.82, 2.24) is 4.90 Å². The van der Waals surface area contributed by atoms with Crippen LogP contribution in [0.5, 0.6) is 0 Å². The minimum atomic E-state index is -0.316. The average Bonchev–Trinajstić information content (AvgIpc) is 2.27. The molecule has 0 heterocycles. The van der Waals surface area contributed by atoms with Crippen LogP contribution in [0, 0.1) is 5.92 Å². The summed E-state index contributed by atoms with van der Waals surface area (Å²) in [5.41, 5.74) is 0. The summed E-state index contributed by atoms with van der Waals surface area (Å²) in [4.78, 5) is 12.6. The van der Waals surface area contributed by atoms with Crippen molar-refractivity contribution >= 4 is 5.97 Å². The van der Waals surface area contributed by atoms with Gasteiger partial charge in [-0.3, -0.25) is 0 Å². The lowest BCUT2D eigenvalue weighted by molar-refractivity contribution is -0.137. The summed E-state index contributed by atoms with van der Waals surface area (Å²) >= 11 is 0. The first kappa shape index (κ1) is 18.5. The molecule has 0 amide bonds. The third-order valence-electron chi connectivity index (χ3n) is 2.20. The molecule has 0 radical (unpaired) electrons. The Morgan fingerprint density at radius 3 is 2.29 bits per heavy atom. The normalized spacial score (nSPS) is 11.4. The van der Waals surface area contributed by atoms with E-state index in [0.29, 0.717) is 6.61 Å². The first-order valence-corrected chi connectivity index (χ1v) is 6.34. The monoisotopic (exact) mass is 243 g/mol. The van der Waals surface area contributed by atoms with Gasteiger partial charge < -0.3 is 9.64 Å². The molecular weight excluding hydrogens is 214 g/mol. The van der Waals surface area contributed by atoms with Gasteiger partial charge in [-0.15, -0.1) is 0 Å². The SMILES string of the molecule is C=CC(=O)OCCCCC(C)CC.CN(C)C. The zero-order valence-corrected chi connectivity index (χ0v) is 12.2. The van der Waals surface area contributed by atoms with Crippen LogP contribution in [-0.4, -0.2) is 38.6 Å². The molecule has 1 unspecified atom stereocenters. The second kappa shape index (κ2) is 13.2. The first-order valence-electron chi connectivity index (χ1n) is 6.34. The number of ether oxygens (including phenoxy) is 1. The number of nitrogens with zero attached hydrogens (tertiary/aromatic N) is 1. The van der Waals surface area contributed by atoms with E-state index < -0.39 is 0 Å². The zero-order valence-electron chi connectivity index (χ0n) is 12.2. The highest BCUT2D eigenvalue weighted by atomic mass is 16.5. The fraction of sp³-hybridized carbons (Fsp3) is 0.786. The van der Waals surface area contributed by atoms with Gasteiger partial charge in [-0.2, -0.15) is 0 Å². The molecule has 0 aromatic rings. The molecule has 0 aliphatic heterocycles. The lowest BCUT2D eigenvalue weighted by Crippen LogP contribution is -2.02. The molecule has 0 aromatic carbocycles. The van der Waals surface area contributed by atoms with Crippen LogP contribution in [0.1, 0.15) is 39.5 Å². The van der Waals surface area contributed by atoms with Crippen molar-refractivity contribution in [2.24, 2.45) is 5.92 Å². The Balaban J connectivity index is 0. The van der Waals surface area contributed by atoms with Crippen LogP contribution in [0.15, 0.2) is 12.7 Å². The number of esters is 1. The maximum Gasteiger partial charge on any atom is 0.330 e. The molecule has 0 spiro atoms. The van der Waals surface area contributed by atoms with Gasteiger partial charge in [-0.25, -0.2) is 4.79 Å². The Labute approximate surface area is 107 Å². The topological polar surface area (TPSA) is 29.5 Å². The van der Waals surface area contributed by atoms with Crippen LogP contribution >= 0.6 is 0 Å². The Morgan fingerprint density at radius 1 is 1.35 bits per heavy atom. The van der Waals surface area contributed by atoms with Crippen LogP contribution < -0.4 is 0 Å². The predicted molar refractivity (Wildman–Crippen MR) is 74.1 cm³/mol. The van der Waals surface area contributed by atoms with E-state index >= 15 is 0 Å². The van der Waals surface area contributed by atoms with Gasteiger partial charge in [0.25, 0.3) is 0 Å². The summed E-state index contributed by atoms with van der Waals surface area (Å²) in [5, 5.41) is 0.